The van der Waals surface area contributed by atoms with Gasteiger partial charge >= 0.3 is 5.97 Å². The van der Waals surface area contributed by atoms with Gasteiger partial charge in [0.1, 0.15) is 0 Å². The van der Waals surface area contributed by atoms with E-state index >= 15 is 0 Å². The van der Waals surface area contributed by atoms with Crippen molar-refractivity contribution in [3.05, 3.63) is 101 Å². The van der Waals surface area contributed by atoms with Crippen LogP contribution in [0.5, 0.6) is 0 Å². The van der Waals surface area contributed by atoms with Crippen molar-refractivity contribution in [1.29, 1.82) is 0 Å². The molecular weight excluding hydrogens is 496 g/mol. The van der Waals surface area contributed by atoms with Gasteiger partial charge in [-0.25, -0.2) is 0 Å². The SMILES string of the molecule is Cc1cc(C(=O)NCCCCc2ccccc2)c2ccc(-c3ccc(C4CCC(CC(=O)O)CC4)cc3)cc2n1. The summed E-state index contributed by atoms with van der Waals surface area (Å²) >= 11 is 0. The molecule has 1 aliphatic carbocycles. The van der Waals surface area contributed by atoms with Gasteiger partial charge in [-0.3, -0.25) is 14.6 Å². The number of carbonyl (C=O) groups is 2. The van der Waals surface area contributed by atoms with E-state index in [9.17, 15) is 9.59 Å². The van der Waals surface area contributed by atoms with Crippen LogP contribution in [0.2, 0.25) is 0 Å². The largest absolute Gasteiger partial charge is 0.481 e. The maximum Gasteiger partial charge on any atom is 0.303 e. The summed E-state index contributed by atoms with van der Waals surface area (Å²) in [4.78, 5) is 28.9. The Labute approximate surface area is 236 Å². The molecule has 1 heterocycles. The molecule has 0 spiro atoms. The molecule has 0 saturated heterocycles. The van der Waals surface area contributed by atoms with Crippen molar-refractivity contribution in [3.8, 4) is 11.1 Å². The molecule has 1 amide bonds. The highest BCUT2D eigenvalue weighted by molar-refractivity contribution is 6.06. The van der Waals surface area contributed by atoms with Crippen molar-refractivity contribution >= 4 is 22.8 Å². The van der Waals surface area contributed by atoms with Crippen LogP contribution >= 0.6 is 0 Å². The summed E-state index contributed by atoms with van der Waals surface area (Å²) in [5.41, 5.74) is 7.18. The van der Waals surface area contributed by atoms with Gasteiger partial charge in [-0.1, -0.05) is 66.7 Å². The Morgan fingerprint density at radius 2 is 1.60 bits per heavy atom. The van der Waals surface area contributed by atoms with Gasteiger partial charge in [-0.05, 0) is 98.1 Å². The summed E-state index contributed by atoms with van der Waals surface area (Å²) in [5, 5.41) is 13.0. The number of amides is 1. The zero-order valence-corrected chi connectivity index (χ0v) is 23.2. The molecule has 0 bridgehead atoms. The minimum absolute atomic E-state index is 0.0506. The van der Waals surface area contributed by atoms with Gasteiger partial charge in [0.15, 0.2) is 0 Å². The summed E-state index contributed by atoms with van der Waals surface area (Å²) in [7, 11) is 0. The first-order valence-corrected chi connectivity index (χ1v) is 14.5. The molecule has 5 nitrogen and oxygen atoms in total. The van der Waals surface area contributed by atoms with Crippen LogP contribution < -0.4 is 5.32 Å². The van der Waals surface area contributed by atoms with E-state index in [1.807, 2.05) is 25.1 Å². The van der Waals surface area contributed by atoms with Gasteiger partial charge < -0.3 is 10.4 Å². The summed E-state index contributed by atoms with van der Waals surface area (Å²) < 4.78 is 0. The molecule has 0 radical (unpaired) electrons. The molecule has 1 aliphatic rings. The highest BCUT2D eigenvalue weighted by Crippen LogP contribution is 2.38. The average molecular weight is 535 g/mol. The van der Waals surface area contributed by atoms with Crippen molar-refractivity contribution in [3.63, 3.8) is 0 Å². The van der Waals surface area contributed by atoms with Gasteiger partial charge in [0.05, 0.1) is 11.1 Å². The maximum atomic E-state index is 13.1. The van der Waals surface area contributed by atoms with Crippen LogP contribution in [0.4, 0.5) is 0 Å². The van der Waals surface area contributed by atoms with Gasteiger partial charge in [0.25, 0.3) is 5.91 Å². The summed E-state index contributed by atoms with van der Waals surface area (Å²) in [6.45, 7) is 2.59. The summed E-state index contributed by atoms with van der Waals surface area (Å²) in [6.07, 6.45) is 7.35. The first-order valence-electron chi connectivity index (χ1n) is 14.5. The van der Waals surface area contributed by atoms with Crippen molar-refractivity contribution in [1.82, 2.24) is 10.3 Å². The second-order valence-corrected chi connectivity index (χ2v) is 11.2. The lowest BCUT2D eigenvalue weighted by Gasteiger charge is -2.28. The number of carboxylic acid groups (broad SMARTS) is 1. The molecule has 4 aromatic rings. The van der Waals surface area contributed by atoms with Crippen molar-refractivity contribution in [2.75, 3.05) is 6.54 Å². The topological polar surface area (TPSA) is 79.3 Å². The molecule has 0 unspecified atom stereocenters. The van der Waals surface area contributed by atoms with Gasteiger partial charge in [-0.2, -0.15) is 0 Å². The lowest BCUT2D eigenvalue weighted by atomic mass is 9.77. The number of rotatable bonds is 10. The first kappa shape index (κ1) is 27.6. The molecule has 3 aromatic carbocycles. The number of pyridine rings is 1. The van der Waals surface area contributed by atoms with Crippen LogP contribution in [-0.2, 0) is 11.2 Å². The lowest BCUT2D eigenvalue weighted by molar-refractivity contribution is -0.138. The fraction of sp³-hybridized carbons (Fsp3) is 0.343. The number of aryl methyl sites for hydroxylation is 2. The molecule has 40 heavy (non-hydrogen) atoms. The molecule has 206 valence electrons. The van der Waals surface area contributed by atoms with Crippen molar-refractivity contribution in [2.24, 2.45) is 5.92 Å². The average Bonchev–Trinajstić information content (AvgIpc) is 2.97. The number of unbranched alkanes of at least 4 members (excludes halogenated alkanes) is 1. The number of nitrogens with zero attached hydrogens (tertiary/aromatic N) is 1. The van der Waals surface area contributed by atoms with E-state index in [-0.39, 0.29) is 5.91 Å². The number of carbonyl (C=O) groups excluding carboxylic acids is 1. The second kappa shape index (κ2) is 12.9. The van der Waals surface area contributed by atoms with E-state index in [1.165, 1.54) is 11.1 Å². The van der Waals surface area contributed by atoms with Crippen LogP contribution in [0.3, 0.4) is 0 Å². The number of benzene rings is 3. The number of hydrogen-bond acceptors (Lipinski definition) is 3. The molecule has 0 aliphatic heterocycles. The number of aliphatic carboxylic acids is 1. The monoisotopic (exact) mass is 534 g/mol. The summed E-state index contributed by atoms with van der Waals surface area (Å²) in [5.74, 6) is 0.0770. The number of hydrogen-bond donors (Lipinski definition) is 2. The third-order valence-electron chi connectivity index (χ3n) is 8.23. The first-order chi connectivity index (χ1) is 19.5. The lowest BCUT2D eigenvalue weighted by Crippen LogP contribution is -2.25. The van der Waals surface area contributed by atoms with Gasteiger partial charge in [0, 0.05) is 24.0 Å². The Morgan fingerprint density at radius 3 is 2.33 bits per heavy atom. The molecular formula is C35H38N2O3. The molecule has 1 aromatic heterocycles. The third kappa shape index (κ3) is 6.95. The van der Waals surface area contributed by atoms with E-state index in [0.29, 0.717) is 30.4 Å². The molecule has 2 N–H and O–H groups in total. The Balaban J connectivity index is 1.22. The Kier molecular flexibility index (Phi) is 8.90. The molecule has 1 saturated carbocycles. The number of aromatic nitrogens is 1. The Morgan fingerprint density at radius 1 is 0.875 bits per heavy atom. The van der Waals surface area contributed by atoms with Crippen LogP contribution in [0, 0.1) is 12.8 Å². The van der Waals surface area contributed by atoms with E-state index in [1.54, 1.807) is 0 Å². The standard InChI is InChI=1S/C35H38N2O3/c1-24-21-32(35(40)36-20-6-5-9-25-7-3-2-4-8-25)31-19-18-30(23-33(31)37-24)29-16-14-28(15-17-29)27-12-10-26(11-13-27)22-34(38)39/h2-4,7-8,14-19,21,23,26-27H,5-6,9-13,20,22H2,1H3,(H,36,40)(H,38,39). The van der Waals surface area contributed by atoms with Crippen LogP contribution in [0.1, 0.15) is 78.0 Å². The summed E-state index contributed by atoms with van der Waals surface area (Å²) in [6, 6.07) is 27.2. The molecule has 1 fully saturated rings. The van der Waals surface area contributed by atoms with Crippen molar-refractivity contribution in [2.45, 2.75) is 64.2 Å². The van der Waals surface area contributed by atoms with E-state index < -0.39 is 5.97 Å². The van der Waals surface area contributed by atoms with E-state index in [4.69, 9.17) is 10.1 Å². The zero-order valence-electron chi connectivity index (χ0n) is 23.2. The van der Waals surface area contributed by atoms with Crippen LogP contribution in [-0.4, -0.2) is 28.5 Å². The fourth-order valence-electron chi connectivity index (χ4n) is 6.02. The predicted octanol–water partition coefficient (Wildman–Crippen LogP) is 7.71. The van der Waals surface area contributed by atoms with Gasteiger partial charge in [-0.15, -0.1) is 0 Å². The zero-order chi connectivity index (χ0) is 27.9. The van der Waals surface area contributed by atoms with Crippen LogP contribution in [0.15, 0.2) is 78.9 Å². The Bertz CT molecular complexity index is 1460. The molecule has 5 rings (SSSR count). The molecule has 0 atom stereocenters. The highest BCUT2D eigenvalue weighted by atomic mass is 16.4. The molecule has 5 heteroatoms. The number of nitrogens with one attached hydrogen (secondary N) is 1. The minimum atomic E-state index is -0.685. The predicted molar refractivity (Wildman–Crippen MR) is 161 cm³/mol. The fourth-order valence-corrected chi connectivity index (χ4v) is 6.02. The second-order valence-electron chi connectivity index (χ2n) is 11.2. The van der Waals surface area contributed by atoms with E-state index in [2.05, 4.69) is 66.0 Å². The van der Waals surface area contributed by atoms with E-state index in [0.717, 1.165) is 72.7 Å². The normalized spacial score (nSPS) is 17.0. The third-order valence-corrected chi connectivity index (χ3v) is 8.23. The minimum Gasteiger partial charge on any atom is -0.481 e. The van der Waals surface area contributed by atoms with Crippen molar-refractivity contribution < 1.29 is 14.7 Å². The van der Waals surface area contributed by atoms with Gasteiger partial charge in [0.2, 0.25) is 0 Å². The number of carboxylic acids is 1. The highest BCUT2D eigenvalue weighted by Gasteiger charge is 2.24. The quantitative estimate of drug-likeness (QED) is 0.204. The van der Waals surface area contributed by atoms with Crippen LogP contribution in [0.25, 0.3) is 22.0 Å². The number of fused-ring (bicyclic) bond motifs is 1. The Hall–Kier alpha value is -3.99. The maximum absolute atomic E-state index is 13.1. The smallest absolute Gasteiger partial charge is 0.303 e.